The van der Waals surface area contributed by atoms with Crippen molar-refractivity contribution in [2.45, 2.75) is 25.6 Å². The Morgan fingerprint density at radius 3 is 2.38 bits per heavy atom. The monoisotopic (exact) mass is 334 g/mol. The predicted molar refractivity (Wildman–Crippen MR) is 87.5 cm³/mol. The van der Waals surface area contributed by atoms with E-state index in [0.717, 1.165) is 17.7 Å². The molecular formula is C18H20F2N2O2. The Balaban J connectivity index is 1.95. The molecule has 0 aromatic heterocycles. The van der Waals surface area contributed by atoms with Crippen LogP contribution in [0, 0.1) is 11.6 Å². The number of benzene rings is 2. The average Bonchev–Trinajstić information content (AvgIpc) is 2.61. The summed E-state index contributed by atoms with van der Waals surface area (Å²) in [4.78, 5) is 11.5. The van der Waals surface area contributed by atoms with Crippen LogP contribution in [0.15, 0.2) is 42.5 Å². The van der Waals surface area contributed by atoms with Crippen LogP contribution in [0.5, 0.6) is 0 Å². The number of hydrogen-bond donors (Lipinski definition) is 3. The lowest BCUT2D eigenvalue weighted by atomic mass is 10.0. The number of hydrogen-bond acceptors (Lipinski definition) is 3. The average molecular weight is 334 g/mol. The van der Waals surface area contributed by atoms with Gasteiger partial charge in [0, 0.05) is 25.2 Å². The summed E-state index contributed by atoms with van der Waals surface area (Å²) < 4.78 is 26.2. The zero-order chi connectivity index (χ0) is 17.7. The van der Waals surface area contributed by atoms with Gasteiger partial charge in [0.15, 0.2) is 11.6 Å². The van der Waals surface area contributed by atoms with Crippen LogP contribution in [0.2, 0.25) is 0 Å². The van der Waals surface area contributed by atoms with E-state index in [1.54, 1.807) is 26.1 Å². The van der Waals surface area contributed by atoms with E-state index >= 15 is 0 Å². The maximum Gasteiger partial charge on any atom is 0.251 e. The topological polar surface area (TPSA) is 61.4 Å². The summed E-state index contributed by atoms with van der Waals surface area (Å²) in [6.07, 6.45) is -0.967. The van der Waals surface area contributed by atoms with Gasteiger partial charge in [0.1, 0.15) is 0 Å². The van der Waals surface area contributed by atoms with Crippen LogP contribution < -0.4 is 10.6 Å². The molecule has 2 rings (SSSR count). The molecule has 0 aliphatic rings. The zero-order valence-electron chi connectivity index (χ0n) is 13.5. The van der Waals surface area contributed by atoms with E-state index in [2.05, 4.69) is 10.6 Å². The van der Waals surface area contributed by atoms with Crippen molar-refractivity contribution >= 4 is 5.91 Å². The van der Waals surface area contributed by atoms with E-state index < -0.39 is 17.7 Å². The highest BCUT2D eigenvalue weighted by Crippen LogP contribution is 2.19. The van der Waals surface area contributed by atoms with Gasteiger partial charge in [-0.2, -0.15) is 0 Å². The van der Waals surface area contributed by atoms with Crippen molar-refractivity contribution in [2.75, 3.05) is 7.05 Å². The number of rotatable bonds is 6. The summed E-state index contributed by atoms with van der Waals surface area (Å²) in [7, 11) is 1.57. The molecule has 3 N–H and O–H groups in total. The molecule has 0 saturated heterocycles. The minimum atomic E-state index is -0.983. The highest BCUT2D eigenvalue weighted by Gasteiger charge is 2.17. The van der Waals surface area contributed by atoms with Gasteiger partial charge >= 0.3 is 0 Å². The molecule has 24 heavy (non-hydrogen) atoms. The highest BCUT2D eigenvalue weighted by molar-refractivity contribution is 5.93. The molecule has 0 bridgehead atoms. The van der Waals surface area contributed by atoms with Gasteiger partial charge in [0.2, 0.25) is 0 Å². The summed E-state index contributed by atoms with van der Waals surface area (Å²) >= 11 is 0. The van der Waals surface area contributed by atoms with Crippen molar-refractivity contribution in [1.82, 2.24) is 10.6 Å². The lowest BCUT2D eigenvalue weighted by Gasteiger charge is -2.21. The predicted octanol–water partition coefficient (Wildman–Crippen LogP) is 2.54. The molecule has 0 radical (unpaired) electrons. The molecule has 0 heterocycles. The smallest absolute Gasteiger partial charge is 0.251 e. The molecule has 0 fully saturated rings. The summed E-state index contributed by atoms with van der Waals surface area (Å²) in [5.74, 6) is -2.08. The van der Waals surface area contributed by atoms with Gasteiger partial charge in [-0.25, -0.2) is 8.78 Å². The SMILES string of the molecule is CNC(=O)c1ccc(CNC(C)C(O)c2ccc(F)c(F)c2)cc1. The minimum absolute atomic E-state index is 0.156. The van der Waals surface area contributed by atoms with Gasteiger partial charge in [-0.1, -0.05) is 18.2 Å². The number of carbonyl (C=O) groups excluding carboxylic acids is 1. The number of amides is 1. The first-order chi connectivity index (χ1) is 11.4. The molecule has 2 atom stereocenters. The molecule has 128 valence electrons. The Morgan fingerprint density at radius 1 is 1.12 bits per heavy atom. The van der Waals surface area contributed by atoms with Crippen molar-refractivity contribution in [3.8, 4) is 0 Å². The number of nitrogens with one attached hydrogen (secondary N) is 2. The van der Waals surface area contributed by atoms with Crippen LogP contribution in [0.25, 0.3) is 0 Å². The molecule has 2 aromatic rings. The Kier molecular flexibility index (Phi) is 6.00. The fourth-order valence-corrected chi connectivity index (χ4v) is 2.29. The molecule has 0 saturated carbocycles. The second-order valence-corrected chi connectivity index (χ2v) is 5.56. The van der Waals surface area contributed by atoms with Gasteiger partial charge in [0.25, 0.3) is 5.91 Å². The molecule has 6 heteroatoms. The molecular weight excluding hydrogens is 314 g/mol. The van der Waals surface area contributed by atoms with Gasteiger partial charge in [0.05, 0.1) is 6.10 Å². The van der Waals surface area contributed by atoms with Gasteiger partial charge in [-0.3, -0.25) is 4.79 Å². The maximum absolute atomic E-state index is 13.2. The summed E-state index contributed by atoms with van der Waals surface area (Å²) in [6.45, 7) is 2.22. The quantitative estimate of drug-likeness (QED) is 0.761. The van der Waals surface area contributed by atoms with Gasteiger partial charge in [-0.15, -0.1) is 0 Å². The van der Waals surface area contributed by atoms with E-state index in [9.17, 15) is 18.7 Å². The van der Waals surface area contributed by atoms with E-state index in [-0.39, 0.29) is 11.9 Å². The van der Waals surface area contributed by atoms with Crippen LogP contribution >= 0.6 is 0 Å². The normalized spacial score (nSPS) is 13.4. The van der Waals surface area contributed by atoms with Crippen LogP contribution in [-0.4, -0.2) is 24.1 Å². The summed E-state index contributed by atoms with van der Waals surface area (Å²) in [5, 5.41) is 15.9. The first-order valence-corrected chi connectivity index (χ1v) is 7.59. The van der Waals surface area contributed by atoms with Crippen molar-refractivity contribution in [3.63, 3.8) is 0 Å². The largest absolute Gasteiger partial charge is 0.387 e. The minimum Gasteiger partial charge on any atom is -0.387 e. The van der Waals surface area contributed by atoms with Crippen molar-refractivity contribution < 1.29 is 18.7 Å². The van der Waals surface area contributed by atoms with Crippen LogP contribution in [-0.2, 0) is 6.54 Å². The Morgan fingerprint density at radius 2 is 1.79 bits per heavy atom. The van der Waals surface area contributed by atoms with Crippen molar-refractivity contribution in [1.29, 1.82) is 0 Å². The van der Waals surface area contributed by atoms with Gasteiger partial charge < -0.3 is 15.7 Å². The van der Waals surface area contributed by atoms with Crippen molar-refractivity contribution in [2.24, 2.45) is 0 Å². The third kappa shape index (κ3) is 4.37. The van der Waals surface area contributed by atoms with E-state index in [1.165, 1.54) is 6.07 Å². The Hall–Kier alpha value is -2.31. The zero-order valence-corrected chi connectivity index (χ0v) is 13.5. The molecule has 2 aromatic carbocycles. The second-order valence-electron chi connectivity index (χ2n) is 5.56. The van der Waals surface area contributed by atoms with Gasteiger partial charge in [-0.05, 0) is 42.3 Å². The number of carbonyl (C=O) groups is 1. The number of aliphatic hydroxyl groups excluding tert-OH is 1. The van der Waals surface area contributed by atoms with E-state index in [0.29, 0.717) is 17.7 Å². The lowest BCUT2D eigenvalue weighted by molar-refractivity contribution is 0.0963. The first kappa shape index (κ1) is 18.0. The standard InChI is InChI=1S/C18H20F2N2O2/c1-11(17(23)14-7-8-15(19)16(20)9-14)22-10-12-3-5-13(6-4-12)18(24)21-2/h3-9,11,17,22-23H,10H2,1-2H3,(H,21,24). The first-order valence-electron chi connectivity index (χ1n) is 7.59. The van der Waals surface area contributed by atoms with E-state index in [1.807, 2.05) is 12.1 Å². The van der Waals surface area contributed by atoms with Crippen molar-refractivity contribution in [3.05, 3.63) is 70.8 Å². The van der Waals surface area contributed by atoms with Crippen LogP contribution in [0.4, 0.5) is 8.78 Å². The molecule has 0 spiro atoms. The van der Waals surface area contributed by atoms with Crippen LogP contribution in [0.1, 0.15) is 34.5 Å². The molecule has 0 aliphatic heterocycles. The second kappa shape index (κ2) is 7.99. The Bertz CT molecular complexity index is 705. The number of aliphatic hydroxyl groups is 1. The highest BCUT2D eigenvalue weighted by atomic mass is 19.2. The molecule has 0 aliphatic carbocycles. The number of halogens is 2. The fraction of sp³-hybridized carbons (Fsp3) is 0.278. The molecule has 1 amide bonds. The maximum atomic E-state index is 13.2. The third-order valence-electron chi connectivity index (χ3n) is 3.83. The van der Waals surface area contributed by atoms with E-state index in [4.69, 9.17) is 0 Å². The molecule has 2 unspecified atom stereocenters. The molecule has 4 nitrogen and oxygen atoms in total. The third-order valence-corrected chi connectivity index (χ3v) is 3.83. The lowest BCUT2D eigenvalue weighted by Crippen LogP contribution is -2.31. The Labute approximate surface area is 139 Å². The summed E-state index contributed by atoms with van der Waals surface area (Å²) in [5.41, 5.74) is 1.81. The fourth-order valence-electron chi connectivity index (χ4n) is 2.29. The summed E-state index contributed by atoms with van der Waals surface area (Å²) in [6, 6.07) is 10.0. The van der Waals surface area contributed by atoms with Crippen LogP contribution in [0.3, 0.4) is 0 Å².